The van der Waals surface area contributed by atoms with Gasteiger partial charge in [-0.1, -0.05) is 19.2 Å². The SMILES string of the molecule is C=C/C=N\C=C(/C=C)n1cnn(CC(CN)=C(F)F)c1=O. The molecule has 0 unspecified atom stereocenters. The van der Waals surface area contributed by atoms with Gasteiger partial charge in [0.2, 0.25) is 0 Å². The number of aromatic nitrogens is 3. The van der Waals surface area contributed by atoms with Gasteiger partial charge in [-0.2, -0.15) is 13.9 Å². The molecule has 0 radical (unpaired) electrons. The lowest BCUT2D eigenvalue weighted by molar-refractivity contribution is 0.400. The molecule has 0 bridgehead atoms. The zero-order valence-electron chi connectivity index (χ0n) is 11.2. The van der Waals surface area contributed by atoms with E-state index in [1.54, 1.807) is 0 Å². The maximum atomic E-state index is 12.5. The van der Waals surface area contributed by atoms with Gasteiger partial charge in [0.1, 0.15) is 6.33 Å². The van der Waals surface area contributed by atoms with Crippen LogP contribution in [0.25, 0.3) is 5.70 Å². The first-order valence-electron chi connectivity index (χ1n) is 5.89. The van der Waals surface area contributed by atoms with Crippen LogP contribution in [0.2, 0.25) is 0 Å². The van der Waals surface area contributed by atoms with Crippen molar-refractivity contribution < 1.29 is 8.78 Å². The number of hydrogen-bond donors (Lipinski definition) is 1. The van der Waals surface area contributed by atoms with E-state index in [2.05, 4.69) is 23.2 Å². The van der Waals surface area contributed by atoms with Crippen LogP contribution in [0.5, 0.6) is 0 Å². The topological polar surface area (TPSA) is 78.2 Å². The molecule has 1 aromatic heterocycles. The van der Waals surface area contributed by atoms with Crippen LogP contribution in [0.4, 0.5) is 8.78 Å². The molecule has 0 fully saturated rings. The van der Waals surface area contributed by atoms with Gasteiger partial charge in [-0.15, -0.1) is 0 Å². The van der Waals surface area contributed by atoms with Crippen LogP contribution >= 0.6 is 0 Å². The van der Waals surface area contributed by atoms with E-state index in [9.17, 15) is 13.6 Å². The molecule has 0 saturated heterocycles. The zero-order chi connectivity index (χ0) is 15.8. The van der Waals surface area contributed by atoms with Gasteiger partial charge in [-0.3, -0.25) is 4.99 Å². The number of aliphatic imine (C=N–C) groups is 1. The zero-order valence-corrected chi connectivity index (χ0v) is 11.2. The van der Waals surface area contributed by atoms with Crippen molar-refractivity contribution >= 4 is 11.9 Å². The molecule has 0 amide bonds. The summed E-state index contributed by atoms with van der Waals surface area (Å²) in [6.07, 6.45) is 4.94. The van der Waals surface area contributed by atoms with Crippen molar-refractivity contribution in [2.45, 2.75) is 6.54 Å². The van der Waals surface area contributed by atoms with E-state index in [1.165, 1.54) is 30.9 Å². The molecule has 1 aromatic rings. The van der Waals surface area contributed by atoms with Crippen molar-refractivity contribution in [2.24, 2.45) is 10.7 Å². The summed E-state index contributed by atoms with van der Waals surface area (Å²) >= 11 is 0. The Morgan fingerprint density at radius 3 is 2.71 bits per heavy atom. The van der Waals surface area contributed by atoms with E-state index in [1.807, 2.05) is 0 Å². The molecule has 0 atom stereocenters. The second kappa shape index (κ2) is 7.85. The fraction of sp³-hybridized carbons (Fsp3) is 0.154. The van der Waals surface area contributed by atoms with Gasteiger partial charge >= 0.3 is 5.69 Å². The summed E-state index contributed by atoms with van der Waals surface area (Å²) in [4.78, 5) is 15.9. The van der Waals surface area contributed by atoms with Crippen LogP contribution < -0.4 is 11.4 Å². The minimum absolute atomic E-state index is 0.350. The van der Waals surface area contributed by atoms with Crippen LogP contribution in [0.15, 0.2) is 59.3 Å². The second-order valence-electron chi connectivity index (χ2n) is 3.80. The molecular formula is C13H15F2N5O. The molecular weight excluding hydrogens is 280 g/mol. The molecule has 0 spiro atoms. The Hall–Kier alpha value is -2.61. The molecule has 0 saturated carbocycles. The van der Waals surface area contributed by atoms with Crippen LogP contribution in [0.1, 0.15) is 0 Å². The van der Waals surface area contributed by atoms with Gasteiger partial charge in [0.15, 0.2) is 0 Å². The number of halogens is 2. The maximum absolute atomic E-state index is 12.5. The summed E-state index contributed by atoms with van der Waals surface area (Å²) in [7, 11) is 0. The lowest BCUT2D eigenvalue weighted by Gasteiger charge is -2.02. The summed E-state index contributed by atoms with van der Waals surface area (Å²) in [6.45, 7) is 6.29. The normalized spacial score (nSPS) is 11.7. The Morgan fingerprint density at radius 2 is 2.19 bits per heavy atom. The van der Waals surface area contributed by atoms with E-state index in [0.29, 0.717) is 5.70 Å². The summed E-state index contributed by atoms with van der Waals surface area (Å²) in [5.74, 6) is 0. The second-order valence-corrected chi connectivity index (χ2v) is 3.80. The summed E-state index contributed by atoms with van der Waals surface area (Å²) < 4.78 is 27.1. The highest BCUT2D eigenvalue weighted by atomic mass is 19.3. The standard InChI is InChI=1S/C13H15F2N5O/c1-3-5-17-7-11(4-2)19-9-18-20(13(19)21)8-10(6-16)12(14)15/h3-5,7,9H,1-2,6,8,16H2/b11-7+,17-5-. The molecule has 0 aliphatic rings. The van der Waals surface area contributed by atoms with Crippen LogP contribution in [0.3, 0.4) is 0 Å². The van der Waals surface area contributed by atoms with Crippen molar-refractivity contribution in [3.05, 3.63) is 60.0 Å². The minimum atomic E-state index is -1.91. The lowest BCUT2D eigenvalue weighted by atomic mass is 10.3. The number of nitrogens with two attached hydrogens (primary N) is 1. The lowest BCUT2D eigenvalue weighted by Crippen LogP contribution is -2.26. The van der Waals surface area contributed by atoms with Gasteiger partial charge < -0.3 is 5.73 Å². The summed E-state index contributed by atoms with van der Waals surface area (Å²) in [6, 6.07) is 0. The van der Waals surface area contributed by atoms with E-state index < -0.39 is 11.8 Å². The van der Waals surface area contributed by atoms with E-state index in [-0.39, 0.29) is 18.7 Å². The molecule has 0 aliphatic carbocycles. The highest BCUT2D eigenvalue weighted by Crippen LogP contribution is 2.08. The largest absolute Gasteiger partial charge is 0.350 e. The Labute approximate surface area is 119 Å². The fourth-order valence-electron chi connectivity index (χ4n) is 1.40. The van der Waals surface area contributed by atoms with Crippen molar-refractivity contribution in [3.63, 3.8) is 0 Å². The highest BCUT2D eigenvalue weighted by Gasteiger charge is 2.11. The molecule has 6 nitrogen and oxygen atoms in total. The Morgan fingerprint density at radius 1 is 1.48 bits per heavy atom. The van der Waals surface area contributed by atoms with Crippen molar-refractivity contribution in [2.75, 3.05) is 6.54 Å². The molecule has 21 heavy (non-hydrogen) atoms. The first-order valence-corrected chi connectivity index (χ1v) is 5.89. The average Bonchev–Trinajstić information content (AvgIpc) is 2.82. The third kappa shape index (κ3) is 4.18. The third-order valence-electron chi connectivity index (χ3n) is 2.47. The number of allylic oxidation sites excluding steroid dienone is 3. The first kappa shape index (κ1) is 16.4. The Balaban J connectivity index is 3.15. The van der Waals surface area contributed by atoms with Gasteiger partial charge in [-0.05, 0) is 6.08 Å². The summed E-state index contributed by atoms with van der Waals surface area (Å²) in [5, 5.41) is 3.77. The Bertz CT molecular complexity index is 662. The monoisotopic (exact) mass is 295 g/mol. The van der Waals surface area contributed by atoms with E-state index >= 15 is 0 Å². The van der Waals surface area contributed by atoms with E-state index in [0.717, 1.165) is 9.25 Å². The van der Waals surface area contributed by atoms with Gasteiger partial charge in [-0.25, -0.2) is 14.0 Å². The van der Waals surface area contributed by atoms with Crippen molar-refractivity contribution in [1.29, 1.82) is 0 Å². The van der Waals surface area contributed by atoms with Gasteiger partial charge in [0.25, 0.3) is 6.08 Å². The van der Waals surface area contributed by atoms with E-state index in [4.69, 9.17) is 5.73 Å². The predicted molar refractivity (Wildman–Crippen MR) is 77.9 cm³/mol. The molecule has 1 rings (SSSR count). The molecule has 112 valence electrons. The molecule has 0 aliphatic heterocycles. The van der Waals surface area contributed by atoms with Gasteiger partial charge in [0, 0.05) is 18.3 Å². The van der Waals surface area contributed by atoms with Gasteiger partial charge in [0.05, 0.1) is 18.4 Å². The minimum Gasteiger partial charge on any atom is -0.327 e. The Kier molecular flexibility index (Phi) is 6.15. The highest BCUT2D eigenvalue weighted by molar-refractivity contribution is 5.72. The average molecular weight is 295 g/mol. The summed E-state index contributed by atoms with van der Waals surface area (Å²) in [5.41, 5.74) is 4.61. The molecule has 1 heterocycles. The first-order chi connectivity index (χ1) is 10.0. The van der Waals surface area contributed by atoms with Crippen LogP contribution in [-0.4, -0.2) is 27.1 Å². The fourth-order valence-corrected chi connectivity index (χ4v) is 1.40. The number of nitrogens with zero attached hydrogens (tertiary/aromatic N) is 4. The molecule has 0 aromatic carbocycles. The van der Waals surface area contributed by atoms with Crippen LogP contribution in [-0.2, 0) is 6.54 Å². The van der Waals surface area contributed by atoms with Crippen molar-refractivity contribution in [3.8, 4) is 0 Å². The van der Waals surface area contributed by atoms with Crippen molar-refractivity contribution in [1.82, 2.24) is 14.3 Å². The van der Waals surface area contributed by atoms with Crippen LogP contribution in [0, 0.1) is 0 Å². The smallest absolute Gasteiger partial charge is 0.327 e. The maximum Gasteiger partial charge on any atom is 0.350 e. The molecule has 8 heteroatoms. The predicted octanol–water partition coefficient (Wildman–Crippen LogP) is 1.40. The number of hydrogen-bond acceptors (Lipinski definition) is 4. The quantitative estimate of drug-likeness (QED) is 0.610. The third-order valence-corrected chi connectivity index (χ3v) is 2.47. The number of rotatable bonds is 7. The molecule has 2 N–H and O–H groups in total.